The number of nitrogens with zero attached hydrogens (tertiary/aromatic N) is 2. The van der Waals surface area contributed by atoms with E-state index in [1.165, 1.54) is 29.1 Å². The minimum Gasteiger partial charge on any atom is -0.324 e. The van der Waals surface area contributed by atoms with Crippen LogP contribution in [0.4, 0.5) is 10.1 Å². The standard InChI is InChI=1S/C18H16FN3O2/c1-11-3-6-15(12(2)7-11)21-17(23)9-22-10-20-16-8-13(19)4-5-14(16)18(22)24/h3-8,10H,9H2,1-2H3,(H,21,23). The molecule has 1 amide bonds. The molecule has 1 aromatic heterocycles. The Morgan fingerprint density at radius 1 is 1.21 bits per heavy atom. The monoisotopic (exact) mass is 325 g/mol. The van der Waals surface area contributed by atoms with Gasteiger partial charge in [0.25, 0.3) is 5.56 Å². The zero-order chi connectivity index (χ0) is 17.3. The molecular formula is C18H16FN3O2. The van der Waals surface area contributed by atoms with Crippen molar-refractivity contribution in [3.05, 3.63) is 70.0 Å². The third-order valence-corrected chi connectivity index (χ3v) is 3.76. The number of aromatic nitrogens is 2. The molecule has 3 rings (SSSR count). The molecular weight excluding hydrogens is 309 g/mol. The van der Waals surface area contributed by atoms with Crippen LogP contribution in [0, 0.1) is 19.7 Å². The number of carbonyl (C=O) groups is 1. The van der Waals surface area contributed by atoms with Crippen LogP contribution >= 0.6 is 0 Å². The Labute approximate surface area is 137 Å². The number of fused-ring (bicyclic) bond motifs is 1. The molecule has 3 aromatic rings. The summed E-state index contributed by atoms with van der Waals surface area (Å²) < 4.78 is 14.4. The van der Waals surface area contributed by atoms with E-state index in [1.54, 1.807) is 0 Å². The minimum absolute atomic E-state index is 0.160. The van der Waals surface area contributed by atoms with Crippen LogP contribution in [0.1, 0.15) is 11.1 Å². The van der Waals surface area contributed by atoms with Crippen molar-refractivity contribution in [1.29, 1.82) is 0 Å². The predicted molar refractivity (Wildman–Crippen MR) is 90.5 cm³/mol. The molecule has 24 heavy (non-hydrogen) atoms. The maximum absolute atomic E-state index is 13.2. The first-order valence-electron chi connectivity index (χ1n) is 7.46. The van der Waals surface area contributed by atoms with Crippen molar-refractivity contribution in [2.24, 2.45) is 0 Å². The predicted octanol–water partition coefficient (Wildman–Crippen LogP) is 2.79. The van der Waals surface area contributed by atoms with Crippen molar-refractivity contribution in [3.8, 4) is 0 Å². The fourth-order valence-corrected chi connectivity index (χ4v) is 2.54. The summed E-state index contributed by atoms with van der Waals surface area (Å²) >= 11 is 0. The van der Waals surface area contributed by atoms with Crippen molar-refractivity contribution < 1.29 is 9.18 Å². The van der Waals surface area contributed by atoms with Gasteiger partial charge in [-0.25, -0.2) is 9.37 Å². The quantitative estimate of drug-likeness (QED) is 0.805. The van der Waals surface area contributed by atoms with Crippen molar-refractivity contribution >= 4 is 22.5 Å². The highest BCUT2D eigenvalue weighted by molar-refractivity contribution is 5.91. The van der Waals surface area contributed by atoms with Crippen LogP contribution < -0.4 is 10.9 Å². The molecule has 0 saturated carbocycles. The Kier molecular flexibility index (Phi) is 4.12. The molecule has 0 aliphatic rings. The fourth-order valence-electron chi connectivity index (χ4n) is 2.54. The molecule has 0 atom stereocenters. The lowest BCUT2D eigenvalue weighted by molar-refractivity contribution is -0.116. The average molecular weight is 325 g/mol. The van der Waals surface area contributed by atoms with Gasteiger partial charge in [0.2, 0.25) is 5.91 Å². The minimum atomic E-state index is -0.459. The molecule has 1 heterocycles. The highest BCUT2D eigenvalue weighted by Crippen LogP contribution is 2.16. The number of rotatable bonds is 3. The third kappa shape index (κ3) is 3.17. The third-order valence-electron chi connectivity index (χ3n) is 3.76. The van der Waals surface area contributed by atoms with Crippen LogP contribution in [0.15, 0.2) is 47.5 Å². The molecule has 0 bridgehead atoms. The maximum atomic E-state index is 13.2. The van der Waals surface area contributed by atoms with Gasteiger partial charge >= 0.3 is 0 Å². The topological polar surface area (TPSA) is 64.0 Å². The lowest BCUT2D eigenvalue weighted by Gasteiger charge is -2.10. The average Bonchev–Trinajstić information content (AvgIpc) is 2.53. The normalized spacial score (nSPS) is 10.8. The highest BCUT2D eigenvalue weighted by atomic mass is 19.1. The molecule has 0 aliphatic heterocycles. The van der Waals surface area contributed by atoms with Gasteiger partial charge in [-0.3, -0.25) is 14.2 Å². The van der Waals surface area contributed by atoms with E-state index in [0.717, 1.165) is 11.1 Å². The number of amides is 1. The Morgan fingerprint density at radius 3 is 2.75 bits per heavy atom. The van der Waals surface area contributed by atoms with Crippen LogP contribution in [-0.4, -0.2) is 15.5 Å². The van der Waals surface area contributed by atoms with E-state index in [-0.39, 0.29) is 28.9 Å². The molecule has 0 fully saturated rings. The molecule has 0 aliphatic carbocycles. The van der Waals surface area contributed by atoms with E-state index >= 15 is 0 Å². The lowest BCUT2D eigenvalue weighted by Crippen LogP contribution is -2.28. The van der Waals surface area contributed by atoms with Gasteiger partial charge in [0.05, 0.1) is 17.2 Å². The van der Waals surface area contributed by atoms with E-state index in [0.29, 0.717) is 5.69 Å². The lowest BCUT2D eigenvalue weighted by atomic mass is 10.1. The number of nitrogens with one attached hydrogen (secondary N) is 1. The zero-order valence-corrected chi connectivity index (χ0v) is 13.3. The van der Waals surface area contributed by atoms with Crippen LogP contribution in [0.25, 0.3) is 10.9 Å². The second kappa shape index (κ2) is 6.23. The Balaban J connectivity index is 1.84. The molecule has 122 valence electrons. The molecule has 1 N–H and O–H groups in total. The van der Waals surface area contributed by atoms with E-state index in [1.807, 2.05) is 32.0 Å². The number of aryl methyl sites for hydroxylation is 2. The summed E-state index contributed by atoms with van der Waals surface area (Å²) in [5.74, 6) is -0.785. The number of hydrogen-bond acceptors (Lipinski definition) is 3. The van der Waals surface area contributed by atoms with Crippen LogP contribution in [0.3, 0.4) is 0 Å². The van der Waals surface area contributed by atoms with E-state index in [2.05, 4.69) is 10.3 Å². The molecule has 6 heteroatoms. The van der Waals surface area contributed by atoms with E-state index in [9.17, 15) is 14.0 Å². The first kappa shape index (κ1) is 15.9. The van der Waals surface area contributed by atoms with Gasteiger partial charge in [0.15, 0.2) is 0 Å². The van der Waals surface area contributed by atoms with Gasteiger partial charge < -0.3 is 5.32 Å². The van der Waals surface area contributed by atoms with Gasteiger partial charge in [-0.1, -0.05) is 17.7 Å². The second-order valence-electron chi connectivity index (χ2n) is 5.71. The Morgan fingerprint density at radius 2 is 2.00 bits per heavy atom. The summed E-state index contributed by atoms with van der Waals surface area (Å²) in [6.45, 7) is 3.72. The molecule has 0 spiro atoms. The Hall–Kier alpha value is -3.02. The fraction of sp³-hybridized carbons (Fsp3) is 0.167. The van der Waals surface area contributed by atoms with E-state index < -0.39 is 5.82 Å². The van der Waals surface area contributed by atoms with Gasteiger partial charge in [-0.2, -0.15) is 0 Å². The van der Waals surface area contributed by atoms with Crippen LogP contribution in [0.2, 0.25) is 0 Å². The first-order valence-corrected chi connectivity index (χ1v) is 7.46. The van der Waals surface area contributed by atoms with Gasteiger partial charge in [0.1, 0.15) is 12.4 Å². The SMILES string of the molecule is Cc1ccc(NC(=O)Cn2cnc3cc(F)ccc3c2=O)c(C)c1. The van der Waals surface area contributed by atoms with E-state index in [4.69, 9.17) is 0 Å². The van der Waals surface area contributed by atoms with Crippen LogP contribution in [-0.2, 0) is 11.3 Å². The van der Waals surface area contributed by atoms with Gasteiger partial charge in [0, 0.05) is 11.8 Å². The number of carbonyl (C=O) groups excluding carboxylic acids is 1. The van der Waals surface area contributed by atoms with Gasteiger partial charge in [-0.15, -0.1) is 0 Å². The summed E-state index contributed by atoms with van der Waals surface area (Å²) in [7, 11) is 0. The number of benzene rings is 2. The molecule has 0 saturated heterocycles. The highest BCUT2D eigenvalue weighted by Gasteiger charge is 2.10. The summed E-state index contributed by atoms with van der Waals surface area (Å²) in [5, 5.41) is 3.06. The number of hydrogen-bond donors (Lipinski definition) is 1. The van der Waals surface area contributed by atoms with Crippen molar-refractivity contribution in [2.75, 3.05) is 5.32 Å². The largest absolute Gasteiger partial charge is 0.324 e. The summed E-state index contributed by atoms with van der Waals surface area (Å²) in [4.78, 5) is 28.6. The summed E-state index contributed by atoms with van der Waals surface area (Å²) in [6, 6.07) is 9.46. The van der Waals surface area contributed by atoms with Crippen molar-refractivity contribution in [3.63, 3.8) is 0 Å². The maximum Gasteiger partial charge on any atom is 0.261 e. The van der Waals surface area contributed by atoms with Gasteiger partial charge in [-0.05, 0) is 37.6 Å². The molecule has 0 unspecified atom stereocenters. The second-order valence-corrected chi connectivity index (χ2v) is 5.71. The molecule has 5 nitrogen and oxygen atoms in total. The summed E-state index contributed by atoms with van der Waals surface area (Å²) in [6.07, 6.45) is 1.26. The number of anilines is 1. The molecule has 2 aromatic carbocycles. The zero-order valence-electron chi connectivity index (χ0n) is 13.3. The summed E-state index contributed by atoms with van der Waals surface area (Å²) in [5.41, 5.74) is 2.65. The first-order chi connectivity index (χ1) is 11.4. The smallest absolute Gasteiger partial charge is 0.261 e. The van der Waals surface area contributed by atoms with Crippen LogP contribution in [0.5, 0.6) is 0 Å². The van der Waals surface area contributed by atoms with Crippen molar-refractivity contribution in [1.82, 2.24) is 9.55 Å². The van der Waals surface area contributed by atoms with Crippen molar-refractivity contribution in [2.45, 2.75) is 20.4 Å². The number of halogens is 1. The molecule has 0 radical (unpaired) electrons. The Bertz CT molecular complexity index is 995.